The normalized spacial score (nSPS) is 10.2. The molecule has 2 aromatic rings. The predicted molar refractivity (Wildman–Crippen MR) is 64.3 cm³/mol. The van der Waals surface area contributed by atoms with Crippen molar-refractivity contribution in [2.24, 2.45) is 0 Å². The van der Waals surface area contributed by atoms with Crippen molar-refractivity contribution in [3.05, 3.63) is 59.7 Å². The molecule has 0 spiro atoms. The SMILES string of the molecule is CCc1cc(F)ccc1OCc1cccnc1. The molecule has 1 aromatic carbocycles. The number of nitrogens with zero attached hydrogens (tertiary/aromatic N) is 1. The van der Waals surface area contributed by atoms with Gasteiger partial charge in [-0.25, -0.2) is 4.39 Å². The van der Waals surface area contributed by atoms with E-state index in [2.05, 4.69) is 4.98 Å². The van der Waals surface area contributed by atoms with E-state index in [1.807, 2.05) is 19.1 Å². The molecule has 0 fully saturated rings. The molecule has 0 saturated carbocycles. The molecule has 0 N–H and O–H groups in total. The third kappa shape index (κ3) is 3.03. The summed E-state index contributed by atoms with van der Waals surface area (Å²) in [6, 6.07) is 8.41. The molecule has 0 unspecified atom stereocenters. The molecule has 0 aliphatic rings. The molecular formula is C14H14FNO. The number of aromatic nitrogens is 1. The second kappa shape index (κ2) is 5.43. The molecule has 0 bridgehead atoms. The van der Waals surface area contributed by atoms with Crippen molar-refractivity contribution in [1.29, 1.82) is 0 Å². The summed E-state index contributed by atoms with van der Waals surface area (Å²) in [5, 5.41) is 0. The van der Waals surface area contributed by atoms with Gasteiger partial charge in [0.15, 0.2) is 0 Å². The highest BCUT2D eigenvalue weighted by molar-refractivity contribution is 5.34. The lowest BCUT2D eigenvalue weighted by atomic mass is 10.1. The van der Waals surface area contributed by atoms with Crippen molar-refractivity contribution in [3.8, 4) is 5.75 Å². The average Bonchev–Trinajstić information content (AvgIpc) is 2.38. The van der Waals surface area contributed by atoms with E-state index in [1.165, 1.54) is 12.1 Å². The van der Waals surface area contributed by atoms with Gasteiger partial charge in [0.05, 0.1) is 0 Å². The topological polar surface area (TPSA) is 22.1 Å². The van der Waals surface area contributed by atoms with E-state index in [-0.39, 0.29) is 5.82 Å². The number of rotatable bonds is 4. The summed E-state index contributed by atoms with van der Waals surface area (Å²) in [6.45, 7) is 2.43. The number of aryl methyl sites for hydroxylation is 1. The van der Waals surface area contributed by atoms with Crippen molar-refractivity contribution in [3.63, 3.8) is 0 Å². The molecule has 0 atom stereocenters. The lowest BCUT2D eigenvalue weighted by molar-refractivity contribution is 0.302. The smallest absolute Gasteiger partial charge is 0.123 e. The van der Waals surface area contributed by atoms with Crippen LogP contribution in [0.5, 0.6) is 5.75 Å². The van der Waals surface area contributed by atoms with Crippen molar-refractivity contribution in [2.75, 3.05) is 0 Å². The van der Waals surface area contributed by atoms with Crippen molar-refractivity contribution in [2.45, 2.75) is 20.0 Å². The average molecular weight is 231 g/mol. The summed E-state index contributed by atoms with van der Waals surface area (Å²) in [5.41, 5.74) is 1.88. The molecule has 0 radical (unpaired) electrons. The monoisotopic (exact) mass is 231 g/mol. The van der Waals surface area contributed by atoms with Gasteiger partial charge in [0, 0.05) is 18.0 Å². The maximum absolute atomic E-state index is 13.0. The molecule has 2 nitrogen and oxygen atoms in total. The Balaban J connectivity index is 2.09. The number of ether oxygens (including phenoxy) is 1. The van der Waals surface area contributed by atoms with Gasteiger partial charge >= 0.3 is 0 Å². The number of pyridine rings is 1. The first-order valence-corrected chi connectivity index (χ1v) is 5.59. The Bertz CT molecular complexity index is 485. The minimum atomic E-state index is -0.226. The van der Waals surface area contributed by atoms with Gasteiger partial charge < -0.3 is 4.74 Å². The maximum Gasteiger partial charge on any atom is 0.123 e. The quantitative estimate of drug-likeness (QED) is 0.805. The number of benzene rings is 1. The molecule has 17 heavy (non-hydrogen) atoms. The van der Waals surface area contributed by atoms with Gasteiger partial charge in [0.2, 0.25) is 0 Å². The number of halogens is 1. The summed E-state index contributed by atoms with van der Waals surface area (Å²) in [7, 11) is 0. The molecule has 0 aliphatic heterocycles. The van der Waals surface area contributed by atoms with E-state index in [1.54, 1.807) is 18.5 Å². The first-order chi connectivity index (χ1) is 8.29. The van der Waals surface area contributed by atoms with Gasteiger partial charge in [0.1, 0.15) is 18.2 Å². The Hall–Kier alpha value is -1.90. The van der Waals surface area contributed by atoms with Crippen LogP contribution in [0.1, 0.15) is 18.1 Å². The molecule has 0 aliphatic carbocycles. The van der Waals surface area contributed by atoms with E-state index in [0.29, 0.717) is 6.61 Å². The van der Waals surface area contributed by atoms with Crippen LogP contribution in [-0.4, -0.2) is 4.98 Å². The standard InChI is InChI=1S/C14H14FNO/c1-2-12-8-13(15)5-6-14(12)17-10-11-4-3-7-16-9-11/h3-9H,2,10H2,1H3. The third-order valence-corrected chi connectivity index (χ3v) is 2.52. The van der Waals surface area contributed by atoms with Crippen molar-refractivity contribution in [1.82, 2.24) is 4.98 Å². The zero-order valence-corrected chi connectivity index (χ0v) is 9.69. The van der Waals surface area contributed by atoms with Gasteiger partial charge in [-0.05, 0) is 36.2 Å². The van der Waals surface area contributed by atoms with E-state index >= 15 is 0 Å². The van der Waals surface area contributed by atoms with E-state index < -0.39 is 0 Å². The molecule has 88 valence electrons. The van der Waals surface area contributed by atoms with Crippen LogP contribution < -0.4 is 4.74 Å². The first kappa shape index (κ1) is 11.6. The third-order valence-electron chi connectivity index (χ3n) is 2.52. The van der Waals surface area contributed by atoms with Gasteiger partial charge in [-0.2, -0.15) is 0 Å². The largest absolute Gasteiger partial charge is 0.489 e. The van der Waals surface area contributed by atoms with E-state index in [4.69, 9.17) is 4.74 Å². The van der Waals surface area contributed by atoms with Crippen LogP contribution >= 0.6 is 0 Å². The van der Waals surface area contributed by atoms with Crippen LogP contribution in [-0.2, 0) is 13.0 Å². The van der Waals surface area contributed by atoms with Crippen molar-refractivity contribution < 1.29 is 9.13 Å². The Morgan fingerprint density at radius 3 is 2.88 bits per heavy atom. The maximum atomic E-state index is 13.0. The number of hydrogen-bond donors (Lipinski definition) is 0. The molecule has 0 saturated heterocycles. The Labute approximate surface area is 100 Å². The summed E-state index contributed by atoms with van der Waals surface area (Å²) < 4.78 is 18.7. The Morgan fingerprint density at radius 1 is 1.29 bits per heavy atom. The zero-order chi connectivity index (χ0) is 12.1. The highest BCUT2D eigenvalue weighted by atomic mass is 19.1. The molecular weight excluding hydrogens is 217 g/mol. The highest BCUT2D eigenvalue weighted by Gasteiger charge is 2.04. The van der Waals surface area contributed by atoms with Crippen LogP contribution in [0.15, 0.2) is 42.7 Å². The van der Waals surface area contributed by atoms with Gasteiger partial charge in [-0.3, -0.25) is 4.98 Å². The van der Waals surface area contributed by atoms with E-state index in [9.17, 15) is 4.39 Å². The molecule has 1 aromatic heterocycles. The van der Waals surface area contributed by atoms with Gasteiger partial charge in [-0.1, -0.05) is 13.0 Å². The lowest BCUT2D eigenvalue weighted by Crippen LogP contribution is -1.99. The highest BCUT2D eigenvalue weighted by Crippen LogP contribution is 2.21. The Morgan fingerprint density at radius 2 is 2.18 bits per heavy atom. The summed E-state index contributed by atoms with van der Waals surface area (Å²) in [6.07, 6.45) is 4.23. The van der Waals surface area contributed by atoms with Crippen LogP contribution in [0.2, 0.25) is 0 Å². The fourth-order valence-electron chi connectivity index (χ4n) is 1.61. The summed E-state index contributed by atoms with van der Waals surface area (Å²) in [4.78, 5) is 4.01. The van der Waals surface area contributed by atoms with E-state index in [0.717, 1.165) is 23.3 Å². The minimum absolute atomic E-state index is 0.226. The molecule has 1 heterocycles. The van der Waals surface area contributed by atoms with Crippen LogP contribution in [0.25, 0.3) is 0 Å². The van der Waals surface area contributed by atoms with Gasteiger partial charge in [-0.15, -0.1) is 0 Å². The molecule has 2 rings (SSSR count). The molecule has 3 heteroatoms. The molecule has 0 amide bonds. The first-order valence-electron chi connectivity index (χ1n) is 5.59. The predicted octanol–water partition coefficient (Wildman–Crippen LogP) is 3.36. The number of hydrogen-bond acceptors (Lipinski definition) is 2. The second-order valence-electron chi connectivity index (χ2n) is 3.76. The zero-order valence-electron chi connectivity index (χ0n) is 9.69. The van der Waals surface area contributed by atoms with Crippen LogP contribution in [0, 0.1) is 5.82 Å². The van der Waals surface area contributed by atoms with Crippen LogP contribution in [0.3, 0.4) is 0 Å². The Kier molecular flexibility index (Phi) is 3.70. The summed E-state index contributed by atoms with van der Waals surface area (Å²) in [5.74, 6) is 0.508. The summed E-state index contributed by atoms with van der Waals surface area (Å²) >= 11 is 0. The fraction of sp³-hybridized carbons (Fsp3) is 0.214. The van der Waals surface area contributed by atoms with Crippen LogP contribution in [0.4, 0.5) is 4.39 Å². The van der Waals surface area contributed by atoms with Crippen molar-refractivity contribution >= 4 is 0 Å². The second-order valence-corrected chi connectivity index (χ2v) is 3.76. The fourth-order valence-corrected chi connectivity index (χ4v) is 1.61. The minimum Gasteiger partial charge on any atom is -0.489 e. The lowest BCUT2D eigenvalue weighted by Gasteiger charge is -2.10. The van der Waals surface area contributed by atoms with Gasteiger partial charge in [0.25, 0.3) is 0 Å².